The van der Waals surface area contributed by atoms with Gasteiger partial charge in [0.25, 0.3) is 0 Å². The van der Waals surface area contributed by atoms with E-state index in [0.29, 0.717) is 12.1 Å². The summed E-state index contributed by atoms with van der Waals surface area (Å²) in [5.74, 6) is -0.497. The van der Waals surface area contributed by atoms with Crippen molar-refractivity contribution in [1.29, 1.82) is 0 Å². The standard InChI is InChI=1S/C27H28FN5O2/c28-19-11-9-18(10-12-19)27-23(22-7-3-4-8-24(22)32-27)13-14-25(34)31-21-15-29-33(16-21)17-26(35)30-20-5-1-2-6-20/h3-4,7-12,15-16,20,32H,1-2,5-6,13-14,17H2,(H,30,35)(H,31,34). The normalized spacial score (nSPS) is 13.9. The number of H-pyrrole nitrogens is 1. The number of aromatic nitrogens is 3. The number of para-hydroxylation sites is 1. The molecule has 180 valence electrons. The molecular weight excluding hydrogens is 445 g/mol. The Morgan fingerprint density at radius 1 is 1.06 bits per heavy atom. The van der Waals surface area contributed by atoms with Crippen LogP contribution < -0.4 is 10.6 Å². The van der Waals surface area contributed by atoms with Gasteiger partial charge in [0.1, 0.15) is 12.4 Å². The molecule has 1 fully saturated rings. The molecule has 2 aromatic heterocycles. The lowest BCUT2D eigenvalue weighted by molar-refractivity contribution is -0.122. The first-order chi connectivity index (χ1) is 17.0. The van der Waals surface area contributed by atoms with Crippen LogP contribution in [0.2, 0.25) is 0 Å². The van der Waals surface area contributed by atoms with Crippen molar-refractivity contribution < 1.29 is 14.0 Å². The fraction of sp³-hybridized carbons (Fsp3) is 0.296. The second-order valence-electron chi connectivity index (χ2n) is 9.05. The Morgan fingerprint density at radius 2 is 1.83 bits per heavy atom. The summed E-state index contributed by atoms with van der Waals surface area (Å²) in [6, 6.07) is 14.5. The third-order valence-corrected chi connectivity index (χ3v) is 6.49. The zero-order valence-electron chi connectivity index (χ0n) is 19.4. The number of aromatic amines is 1. The van der Waals surface area contributed by atoms with Crippen molar-refractivity contribution in [1.82, 2.24) is 20.1 Å². The Hall–Kier alpha value is -3.94. The second-order valence-corrected chi connectivity index (χ2v) is 9.05. The Morgan fingerprint density at radius 3 is 2.63 bits per heavy atom. The predicted octanol–water partition coefficient (Wildman–Crippen LogP) is 4.80. The van der Waals surface area contributed by atoms with Gasteiger partial charge in [0.15, 0.2) is 0 Å². The van der Waals surface area contributed by atoms with Gasteiger partial charge in [-0.2, -0.15) is 5.10 Å². The molecule has 2 heterocycles. The van der Waals surface area contributed by atoms with Crippen LogP contribution in [0.15, 0.2) is 60.9 Å². The number of halogens is 1. The van der Waals surface area contributed by atoms with E-state index in [1.54, 1.807) is 24.5 Å². The van der Waals surface area contributed by atoms with Gasteiger partial charge in [-0.1, -0.05) is 31.0 Å². The van der Waals surface area contributed by atoms with Crippen LogP contribution in [0.5, 0.6) is 0 Å². The highest BCUT2D eigenvalue weighted by molar-refractivity contribution is 5.93. The molecule has 5 rings (SSSR count). The maximum atomic E-state index is 13.4. The maximum absolute atomic E-state index is 13.4. The van der Waals surface area contributed by atoms with Crippen molar-refractivity contribution in [3.05, 3.63) is 72.3 Å². The Balaban J connectivity index is 1.22. The number of aryl methyl sites for hydroxylation is 1. The van der Waals surface area contributed by atoms with Gasteiger partial charge in [-0.25, -0.2) is 4.39 Å². The molecule has 2 amide bonds. The number of carbonyl (C=O) groups is 2. The Kier molecular flexibility index (Phi) is 6.61. The first kappa shape index (κ1) is 22.8. The Labute approximate surface area is 202 Å². The van der Waals surface area contributed by atoms with Gasteiger partial charge in [-0.05, 0) is 60.7 Å². The first-order valence-corrected chi connectivity index (χ1v) is 12.0. The number of rotatable bonds is 8. The second kappa shape index (κ2) is 10.1. The number of fused-ring (bicyclic) bond motifs is 1. The van der Waals surface area contributed by atoms with Gasteiger partial charge in [-0.15, -0.1) is 0 Å². The van der Waals surface area contributed by atoms with Gasteiger partial charge >= 0.3 is 0 Å². The summed E-state index contributed by atoms with van der Waals surface area (Å²) >= 11 is 0. The number of hydrogen-bond acceptors (Lipinski definition) is 3. The number of anilines is 1. The van der Waals surface area contributed by atoms with Crippen LogP contribution in [-0.2, 0) is 22.6 Å². The highest BCUT2D eigenvalue weighted by atomic mass is 19.1. The van der Waals surface area contributed by atoms with Crippen LogP contribution in [0.3, 0.4) is 0 Å². The van der Waals surface area contributed by atoms with E-state index in [1.807, 2.05) is 24.3 Å². The summed E-state index contributed by atoms with van der Waals surface area (Å²) in [5.41, 5.74) is 4.30. The minimum Gasteiger partial charge on any atom is -0.354 e. The van der Waals surface area contributed by atoms with Gasteiger partial charge in [0.2, 0.25) is 11.8 Å². The predicted molar refractivity (Wildman–Crippen MR) is 133 cm³/mol. The summed E-state index contributed by atoms with van der Waals surface area (Å²) in [5, 5.41) is 11.2. The molecule has 1 aliphatic rings. The van der Waals surface area contributed by atoms with Gasteiger partial charge < -0.3 is 15.6 Å². The summed E-state index contributed by atoms with van der Waals surface area (Å²) in [4.78, 5) is 28.4. The number of carbonyl (C=O) groups excluding carboxylic acids is 2. The number of nitrogens with zero attached hydrogens (tertiary/aromatic N) is 2. The van der Waals surface area contributed by atoms with Crippen LogP contribution in [0.4, 0.5) is 10.1 Å². The van der Waals surface area contributed by atoms with Gasteiger partial charge in [0, 0.05) is 35.3 Å². The third-order valence-electron chi connectivity index (χ3n) is 6.49. The van der Waals surface area contributed by atoms with E-state index < -0.39 is 0 Å². The SMILES string of the molecule is O=C(CCc1c(-c2ccc(F)cc2)[nH]c2ccccc12)Nc1cnn(CC(=O)NC2CCCC2)c1. The van der Waals surface area contributed by atoms with E-state index in [4.69, 9.17) is 0 Å². The lowest BCUT2D eigenvalue weighted by atomic mass is 10.0. The molecule has 35 heavy (non-hydrogen) atoms. The van der Waals surface area contributed by atoms with Crippen LogP contribution in [0.25, 0.3) is 22.2 Å². The fourth-order valence-electron chi connectivity index (χ4n) is 4.79. The lowest BCUT2D eigenvalue weighted by Gasteiger charge is -2.11. The van der Waals surface area contributed by atoms with Crippen LogP contribution in [0.1, 0.15) is 37.7 Å². The highest BCUT2D eigenvalue weighted by Crippen LogP contribution is 2.31. The number of hydrogen-bond donors (Lipinski definition) is 3. The molecule has 0 radical (unpaired) electrons. The largest absolute Gasteiger partial charge is 0.354 e. The molecule has 0 spiro atoms. The van der Waals surface area contributed by atoms with E-state index in [-0.39, 0.29) is 36.6 Å². The van der Waals surface area contributed by atoms with Crippen LogP contribution >= 0.6 is 0 Å². The van der Waals surface area contributed by atoms with Crippen molar-refractivity contribution in [2.24, 2.45) is 0 Å². The molecule has 7 nitrogen and oxygen atoms in total. The monoisotopic (exact) mass is 473 g/mol. The smallest absolute Gasteiger partial charge is 0.241 e. The third kappa shape index (κ3) is 5.42. The summed E-state index contributed by atoms with van der Waals surface area (Å²) < 4.78 is 15.0. The molecule has 0 bridgehead atoms. The van der Waals surface area contributed by atoms with Crippen molar-refractivity contribution in [2.75, 3.05) is 5.32 Å². The van der Waals surface area contributed by atoms with E-state index in [1.165, 1.54) is 16.8 Å². The topological polar surface area (TPSA) is 91.8 Å². The molecule has 8 heteroatoms. The number of benzene rings is 2. The molecule has 1 aliphatic carbocycles. The van der Waals surface area contributed by atoms with E-state index in [9.17, 15) is 14.0 Å². The fourth-order valence-corrected chi connectivity index (χ4v) is 4.79. The molecule has 0 saturated heterocycles. The van der Waals surface area contributed by atoms with E-state index >= 15 is 0 Å². The van der Waals surface area contributed by atoms with E-state index in [0.717, 1.165) is 53.4 Å². The Bertz CT molecular complexity index is 1340. The van der Waals surface area contributed by atoms with Crippen LogP contribution in [-0.4, -0.2) is 32.6 Å². The van der Waals surface area contributed by atoms with Crippen molar-refractivity contribution >= 4 is 28.4 Å². The van der Waals surface area contributed by atoms with Crippen molar-refractivity contribution in [3.8, 4) is 11.3 Å². The molecule has 4 aromatic rings. The zero-order valence-corrected chi connectivity index (χ0v) is 19.4. The molecule has 0 unspecified atom stereocenters. The van der Waals surface area contributed by atoms with Crippen molar-refractivity contribution in [2.45, 2.75) is 51.1 Å². The number of nitrogens with one attached hydrogen (secondary N) is 3. The quantitative estimate of drug-likeness (QED) is 0.343. The highest BCUT2D eigenvalue weighted by Gasteiger charge is 2.18. The van der Waals surface area contributed by atoms with Crippen LogP contribution in [0, 0.1) is 5.82 Å². The molecular formula is C27H28FN5O2. The minimum atomic E-state index is -0.289. The lowest BCUT2D eigenvalue weighted by Crippen LogP contribution is -2.35. The molecule has 3 N–H and O–H groups in total. The molecule has 2 aromatic carbocycles. The summed E-state index contributed by atoms with van der Waals surface area (Å²) in [6.07, 6.45) is 8.39. The first-order valence-electron chi connectivity index (χ1n) is 12.0. The molecule has 0 aliphatic heterocycles. The van der Waals surface area contributed by atoms with Gasteiger partial charge in [-0.3, -0.25) is 14.3 Å². The summed E-state index contributed by atoms with van der Waals surface area (Å²) in [7, 11) is 0. The molecule has 0 atom stereocenters. The zero-order chi connectivity index (χ0) is 24.2. The average Bonchev–Trinajstić information content (AvgIpc) is 3.59. The van der Waals surface area contributed by atoms with Gasteiger partial charge in [0.05, 0.1) is 11.9 Å². The number of amides is 2. The van der Waals surface area contributed by atoms with Crippen molar-refractivity contribution in [3.63, 3.8) is 0 Å². The average molecular weight is 474 g/mol. The maximum Gasteiger partial charge on any atom is 0.241 e. The minimum absolute atomic E-state index is 0.0643. The molecule has 1 saturated carbocycles. The van der Waals surface area contributed by atoms with E-state index in [2.05, 4.69) is 20.7 Å². The summed E-state index contributed by atoms with van der Waals surface area (Å²) in [6.45, 7) is 0.128.